The van der Waals surface area contributed by atoms with Crippen molar-refractivity contribution in [3.05, 3.63) is 204 Å². The fraction of sp³-hybridized carbons (Fsp3) is 0.0204. The molecule has 53 heavy (non-hydrogen) atoms. The summed E-state index contributed by atoms with van der Waals surface area (Å²) in [5.74, 6) is 2.76. The van der Waals surface area contributed by atoms with Gasteiger partial charge in [-0.15, -0.1) is 0 Å². The Morgan fingerprint density at radius 2 is 1.02 bits per heavy atom. The Balaban J connectivity index is 1.02. The van der Waals surface area contributed by atoms with Crippen LogP contribution in [-0.2, 0) is 5.41 Å². The fourth-order valence-corrected chi connectivity index (χ4v) is 8.52. The van der Waals surface area contributed by atoms with Crippen LogP contribution in [0.15, 0.2) is 182 Å². The topological polar surface area (TPSA) is 44.2 Å². The van der Waals surface area contributed by atoms with Crippen molar-refractivity contribution in [1.29, 1.82) is 0 Å². The Morgan fingerprint density at radius 3 is 1.81 bits per heavy atom. The molecule has 0 bridgehead atoms. The molecule has 0 atom stereocenters. The highest BCUT2D eigenvalue weighted by atomic mass is 16.6. The molecule has 4 nitrogen and oxygen atoms in total. The summed E-state index contributed by atoms with van der Waals surface area (Å²) in [6.45, 7) is 0. The van der Waals surface area contributed by atoms with Crippen molar-refractivity contribution in [2.45, 2.75) is 5.41 Å². The first-order valence-electron chi connectivity index (χ1n) is 17.9. The number of pyridine rings is 2. The van der Waals surface area contributed by atoms with Gasteiger partial charge in [0.2, 0.25) is 0 Å². The van der Waals surface area contributed by atoms with E-state index in [1.54, 1.807) is 0 Å². The van der Waals surface area contributed by atoms with E-state index in [1.807, 2.05) is 18.3 Å². The smallest absolute Gasteiger partial charge is 0.170 e. The van der Waals surface area contributed by atoms with Crippen molar-refractivity contribution in [3.8, 4) is 56.5 Å². The maximum Gasteiger partial charge on any atom is 0.170 e. The van der Waals surface area contributed by atoms with E-state index < -0.39 is 5.41 Å². The van der Waals surface area contributed by atoms with Gasteiger partial charge in [0.05, 0.1) is 22.1 Å². The van der Waals surface area contributed by atoms with Crippen molar-refractivity contribution in [2.24, 2.45) is 0 Å². The molecule has 0 amide bonds. The van der Waals surface area contributed by atoms with Gasteiger partial charge < -0.3 is 9.47 Å². The van der Waals surface area contributed by atoms with Gasteiger partial charge in [-0.3, -0.25) is 4.98 Å². The molecule has 2 aliphatic rings. The third-order valence-electron chi connectivity index (χ3n) is 10.9. The summed E-state index contributed by atoms with van der Waals surface area (Å²) in [5.41, 5.74) is 12.5. The van der Waals surface area contributed by atoms with E-state index >= 15 is 0 Å². The van der Waals surface area contributed by atoms with E-state index in [1.165, 1.54) is 27.8 Å². The first kappa shape index (κ1) is 29.7. The van der Waals surface area contributed by atoms with Crippen molar-refractivity contribution in [1.82, 2.24) is 9.97 Å². The summed E-state index contributed by atoms with van der Waals surface area (Å²) in [7, 11) is 0. The van der Waals surface area contributed by atoms with E-state index in [4.69, 9.17) is 14.5 Å². The minimum atomic E-state index is -0.514. The van der Waals surface area contributed by atoms with Crippen molar-refractivity contribution >= 4 is 21.8 Å². The van der Waals surface area contributed by atoms with Crippen molar-refractivity contribution < 1.29 is 9.47 Å². The molecule has 0 N–H and O–H groups in total. The Kier molecular flexibility index (Phi) is 6.43. The molecule has 0 saturated heterocycles. The number of benzene rings is 7. The highest BCUT2D eigenvalue weighted by Crippen LogP contribution is 2.59. The van der Waals surface area contributed by atoms with Crippen LogP contribution in [0, 0.1) is 0 Å². The molecule has 4 heteroatoms. The Bertz CT molecular complexity index is 2860. The standard InChI is InChI=1S/C49H30N2O2/c1-3-13-34(14-4-1)49(35-15-5-2-6-16-35)40-20-10-9-18-37(40)39-29-45-46(30-41(39)49)52-43-26-24-33(28-44(43)53-45)36-17-7-8-19-38(36)42-25-23-32-22-21-31-12-11-27-50-47(31)48(32)51-42/h1-30H. The fourth-order valence-electron chi connectivity index (χ4n) is 8.52. The van der Waals surface area contributed by atoms with Gasteiger partial charge in [0.15, 0.2) is 23.0 Å². The zero-order valence-corrected chi connectivity index (χ0v) is 28.5. The molecule has 0 radical (unpaired) electrons. The second-order valence-corrected chi connectivity index (χ2v) is 13.7. The number of rotatable bonds is 4. The number of nitrogens with zero attached hydrogens (tertiary/aromatic N) is 2. The number of ether oxygens (including phenoxy) is 2. The number of hydrogen-bond donors (Lipinski definition) is 0. The normalized spacial score (nSPS) is 13.4. The molecule has 0 fully saturated rings. The second-order valence-electron chi connectivity index (χ2n) is 13.7. The largest absolute Gasteiger partial charge is 0.450 e. The number of fused-ring (bicyclic) bond motifs is 8. The highest BCUT2D eigenvalue weighted by Gasteiger charge is 2.47. The SMILES string of the molecule is c1ccc(C2(c3ccccc3)c3ccccc3-c3cc4c(cc32)Oc2ccc(-c3ccccc3-c3ccc5ccc6cccnc6c5n3)cc2O4)cc1. The van der Waals surface area contributed by atoms with Crippen molar-refractivity contribution in [2.75, 3.05) is 0 Å². The van der Waals surface area contributed by atoms with Gasteiger partial charge in [-0.25, -0.2) is 4.98 Å². The lowest BCUT2D eigenvalue weighted by Crippen LogP contribution is -2.28. The van der Waals surface area contributed by atoms with Crippen LogP contribution in [-0.4, -0.2) is 9.97 Å². The molecule has 0 saturated carbocycles. The first-order valence-corrected chi connectivity index (χ1v) is 17.9. The molecular formula is C49H30N2O2. The Hall–Kier alpha value is -7.04. The lowest BCUT2D eigenvalue weighted by molar-refractivity contribution is 0.359. The van der Waals surface area contributed by atoms with Crippen LogP contribution < -0.4 is 9.47 Å². The van der Waals surface area contributed by atoms with Gasteiger partial charge in [0.1, 0.15) is 0 Å². The van der Waals surface area contributed by atoms with Crippen molar-refractivity contribution in [3.63, 3.8) is 0 Å². The monoisotopic (exact) mass is 678 g/mol. The molecular weight excluding hydrogens is 649 g/mol. The molecule has 248 valence electrons. The third kappa shape index (κ3) is 4.42. The lowest BCUT2D eigenvalue weighted by Gasteiger charge is -2.34. The average Bonchev–Trinajstić information content (AvgIpc) is 3.52. The van der Waals surface area contributed by atoms with E-state index in [0.717, 1.165) is 49.8 Å². The zero-order chi connectivity index (χ0) is 34.9. The molecule has 1 aliphatic heterocycles. The highest BCUT2D eigenvalue weighted by molar-refractivity contribution is 6.03. The molecule has 11 rings (SSSR count). The Labute approximate surface area is 306 Å². The van der Waals surface area contributed by atoms with Crippen LogP contribution in [0.2, 0.25) is 0 Å². The maximum absolute atomic E-state index is 6.76. The van der Waals surface area contributed by atoms with Crippen LogP contribution in [0.1, 0.15) is 22.3 Å². The molecule has 7 aromatic carbocycles. The van der Waals surface area contributed by atoms with E-state index in [2.05, 4.69) is 169 Å². The molecule has 1 aliphatic carbocycles. The summed E-state index contributed by atoms with van der Waals surface area (Å²) in [4.78, 5) is 9.84. The first-order chi connectivity index (χ1) is 26.3. The van der Waals surface area contributed by atoms with Gasteiger partial charge >= 0.3 is 0 Å². The van der Waals surface area contributed by atoms with Gasteiger partial charge in [-0.05, 0) is 80.9 Å². The average molecular weight is 679 g/mol. The van der Waals surface area contributed by atoms with Gasteiger partial charge in [0, 0.05) is 22.5 Å². The van der Waals surface area contributed by atoms with Crippen LogP contribution in [0.5, 0.6) is 23.0 Å². The maximum atomic E-state index is 6.76. The van der Waals surface area contributed by atoms with Crippen LogP contribution in [0.25, 0.3) is 55.3 Å². The number of aromatic nitrogens is 2. The van der Waals surface area contributed by atoms with Crippen LogP contribution >= 0.6 is 0 Å². The lowest BCUT2D eigenvalue weighted by atomic mass is 9.67. The molecule has 9 aromatic rings. The summed E-state index contributed by atoms with van der Waals surface area (Å²) >= 11 is 0. The number of hydrogen-bond acceptors (Lipinski definition) is 4. The molecule has 3 heterocycles. The summed E-state index contributed by atoms with van der Waals surface area (Å²) in [5, 5.41) is 2.14. The van der Waals surface area contributed by atoms with Gasteiger partial charge in [-0.1, -0.05) is 140 Å². The molecule has 0 unspecified atom stereocenters. The van der Waals surface area contributed by atoms with Gasteiger partial charge in [-0.2, -0.15) is 0 Å². The quantitative estimate of drug-likeness (QED) is 0.174. The third-order valence-corrected chi connectivity index (χ3v) is 10.9. The predicted octanol–water partition coefficient (Wildman–Crippen LogP) is 12.4. The van der Waals surface area contributed by atoms with E-state index in [0.29, 0.717) is 23.0 Å². The molecule has 0 spiro atoms. The summed E-state index contributed by atoms with van der Waals surface area (Å²) < 4.78 is 13.5. The minimum absolute atomic E-state index is 0.514. The Morgan fingerprint density at radius 1 is 0.396 bits per heavy atom. The second kappa shape index (κ2) is 11.5. The summed E-state index contributed by atoms with van der Waals surface area (Å²) in [6.07, 6.45) is 1.83. The van der Waals surface area contributed by atoms with Crippen LogP contribution in [0.4, 0.5) is 0 Å². The minimum Gasteiger partial charge on any atom is -0.450 e. The summed E-state index contributed by atoms with van der Waals surface area (Å²) in [6, 6.07) is 61.7. The van der Waals surface area contributed by atoms with E-state index in [9.17, 15) is 0 Å². The zero-order valence-electron chi connectivity index (χ0n) is 28.5. The van der Waals surface area contributed by atoms with Gasteiger partial charge in [0.25, 0.3) is 0 Å². The molecule has 2 aromatic heterocycles. The van der Waals surface area contributed by atoms with E-state index in [-0.39, 0.29) is 0 Å². The predicted molar refractivity (Wildman–Crippen MR) is 212 cm³/mol. The van der Waals surface area contributed by atoms with Crippen LogP contribution in [0.3, 0.4) is 0 Å².